The van der Waals surface area contributed by atoms with E-state index in [0.717, 1.165) is 5.33 Å². The van der Waals surface area contributed by atoms with Gasteiger partial charge in [-0.15, -0.1) is 0 Å². The second-order valence-electron chi connectivity index (χ2n) is 5.23. The lowest BCUT2D eigenvalue weighted by molar-refractivity contribution is 0.611. The maximum atomic E-state index is 3.48. The summed E-state index contributed by atoms with van der Waals surface area (Å²) in [6.45, 7) is 6.86. The quantitative estimate of drug-likeness (QED) is 0.483. The van der Waals surface area contributed by atoms with E-state index < -0.39 is 0 Å². The van der Waals surface area contributed by atoms with Gasteiger partial charge in [-0.05, 0) is 42.3 Å². The van der Waals surface area contributed by atoms with Gasteiger partial charge >= 0.3 is 0 Å². The van der Waals surface area contributed by atoms with Crippen molar-refractivity contribution in [2.24, 2.45) is 0 Å². The molecule has 0 heterocycles. The third-order valence-electron chi connectivity index (χ3n) is 3.44. The number of unbranched alkanes of at least 4 members (excludes halogenated alkanes) is 2. The van der Waals surface area contributed by atoms with Crippen LogP contribution in [0.4, 0.5) is 0 Å². The van der Waals surface area contributed by atoms with Crippen LogP contribution in [0.2, 0.25) is 0 Å². The summed E-state index contributed by atoms with van der Waals surface area (Å²) >= 11 is 3.48. The second kappa shape index (κ2) is 11.8. The van der Waals surface area contributed by atoms with Gasteiger partial charge in [0.05, 0.1) is 0 Å². The highest BCUT2D eigenvalue weighted by Crippen LogP contribution is 2.19. The van der Waals surface area contributed by atoms with Crippen molar-refractivity contribution < 1.29 is 0 Å². The van der Waals surface area contributed by atoms with E-state index in [-0.39, 0.29) is 0 Å². The minimum atomic E-state index is 0.925. The fraction of sp³-hybridized carbons (Fsp3) is 0.474. The van der Waals surface area contributed by atoms with Gasteiger partial charge in [0.2, 0.25) is 0 Å². The summed E-state index contributed by atoms with van der Waals surface area (Å²) in [6.07, 6.45) is 5.26. The van der Waals surface area contributed by atoms with E-state index in [9.17, 15) is 0 Å². The average molecular weight is 350 g/mol. The fourth-order valence-electron chi connectivity index (χ4n) is 2.14. The number of benzene rings is 2. The molecule has 0 atom stereocenters. The van der Waals surface area contributed by atoms with Crippen molar-refractivity contribution in [3.05, 3.63) is 48.0 Å². The van der Waals surface area contributed by atoms with E-state index >= 15 is 0 Å². The SMILES string of the molecule is BrCc1cccc2ccccc12.CCCCNCCCC. The largest absolute Gasteiger partial charge is 0.317 e. The maximum absolute atomic E-state index is 3.48. The van der Waals surface area contributed by atoms with Crippen LogP contribution in [-0.4, -0.2) is 13.1 Å². The van der Waals surface area contributed by atoms with Crippen LogP contribution in [0.1, 0.15) is 45.1 Å². The Hall–Kier alpha value is -0.860. The molecular formula is C19H28BrN. The van der Waals surface area contributed by atoms with Crippen LogP contribution in [0.5, 0.6) is 0 Å². The van der Waals surface area contributed by atoms with E-state index in [2.05, 4.69) is 77.6 Å². The van der Waals surface area contributed by atoms with E-state index in [1.807, 2.05) is 0 Å². The molecule has 0 bridgehead atoms. The first-order chi connectivity index (χ1) is 10.3. The molecule has 0 spiro atoms. The zero-order valence-electron chi connectivity index (χ0n) is 13.4. The van der Waals surface area contributed by atoms with Gasteiger partial charge in [0.1, 0.15) is 0 Å². The van der Waals surface area contributed by atoms with Gasteiger partial charge in [-0.2, -0.15) is 0 Å². The Kier molecular flexibility index (Phi) is 10.2. The molecule has 2 heteroatoms. The van der Waals surface area contributed by atoms with E-state index in [1.54, 1.807) is 0 Å². The fourth-order valence-corrected chi connectivity index (χ4v) is 2.63. The van der Waals surface area contributed by atoms with Crippen molar-refractivity contribution in [1.29, 1.82) is 0 Å². The lowest BCUT2D eigenvalue weighted by Gasteiger charge is -2.01. The Bertz CT molecular complexity index is 484. The number of rotatable bonds is 7. The molecule has 0 aromatic heterocycles. The molecule has 0 aliphatic carbocycles. The van der Waals surface area contributed by atoms with Gasteiger partial charge in [-0.3, -0.25) is 0 Å². The molecule has 1 nitrogen and oxygen atoms in total. The highest BCUT2D eigenvalue weighted by atomic mass is 79.9. The van der Waals surface area contributed by atoms with Crippen molar-refractivity contribution in [3.8, 4) is 0 Å². The molecule has 0 radical (unpaired) electrons. The number of hydrogen-bond acceptors (Lipinski definition) is 1. The summed E-state index contributed by atoms with van der Waals surface area (Å²) in [5.74, 6) is 0. The molecule has 0 aliphatic rings. The highest BCUT2D eigenvalue weighted by Gasteiger charge is 1.96. The van der Waals surface area contributed by atoms with Gasteiger partial charge in [-0.1, -0.05) is 85.1 Å². The monoisotopic (exact) mass is 349 g/mol. The summed E-state index contributed by atoms with van der Waals surface area (Å²) in [5.41, 5.74) is 1.35. The molecular weight excluding hydrogens is 322 g/mol. The lowest BCUT2D eigenvalue weighted by atomic mass is 10.1. The van der Waals surface area contributed by atoms with Crippen molar-refractivity contribution in [1.82, 2.24) is 5.32 Å². The van der Waals surface area contributed by atoms with Crippen LogP contribution in [0.15, 0.2) is 42.5 Å². The van der Waals surface area contributed by atoms with Gasteiger partial charge < -0.3 is 5.32 Å². The molecule has 1 N–H and O–H groups in total. The first-order valence-electron chi connectivity index (χ1n) is 8.06. The lowest BCUT2D eigenvalue weighted by Crippen LogP contribution is -2.15. The third kappa shape index (κ3) is 7.10. The topological polar surface area (TPSA) is 12.0 Å². The molecule has 21 heavy (non-hydrogen) atoms. The first-order valence-corrected chi connectivity index (χ1v) is 9.18. The summed E-state index contributed by atoms with van der Waals surface area (Å²) < 4.78 is 0. The van der Waals surface area contributed by atoms with Gasteiger partial charge in [0.25, 0.3) is 0 Å². The molecule has 0 amide bonds. The van der Waals surface area contributed by atoms with Crippen LogP contribution in [-0.2, 0) is 5.33 Å². The number of nitrogens with one attached hydrogen (secondary N) is 1. The smallest absolute Gasteiger partial charge is 0.0289 e. The number of hydrogen-bond donors (Lipinski definition) is 1. The second-order valence-corrected chi connectivity index (χ2v) is 5.79. The normalized spacial score (nSPS) is 10.2. The zero-order valence-corrected chi connectivity index (χ0v) is 15.0. The van der Waals surface area contributed by atoms with Gasteiger partial charge in [0, 0.05) is 5.33 Å². The zero-order chi connectivity index (χ0) is 15.3. The summed E-state index contributed by atoms with van der Waals surface area (Å²) in [7, 11) is 0. The Morgan fingerprint density at radius 2 is 1.48 bits per heavy atom. The first kappa shape index (κ1) is 18.2. The standard InChI is InChI=1S/C11H9Br.C8H19N/c12-8-10-6-3-5-9-4-1-2-7-11(9)10;1-3-5-7-9-8-6-4-2/h1-7H,8H2;9H,3-8H2,1-2H3. The van der Waals surface area contributed by atoms with E-state index in [4.69, 9.17) is 0 Å². The van der Waals surface area contributed by atoms with Crippen LogP contribution in [0, 0.1) is 0 Å². The maximum Gasteiger partial charge on any atom is 0.0289 e. The molecule has 0 saturated carbocycles. The minimum absolute atomic E-state index is 0.925. The number of fused-ring (bicyclic) bond motifs is 1. The average Bonchev–Trinajstić information content (AvgIpc) is 2.55. The Morgan fingerprint density at radius 1 is 0.857 bits per heavy atom. The molecule has 116 valence electrons. The number of halogens is 1. The van der Waals surface area contributed by atoms with Crippen LogP contribution in [0.3, 0.4) is 0 Å². The summed E-state index contributed by atoms with van der Waals surface area (Å²) in [4.78, 5) is 0. The summed E-state index contributed by atoms with van der Waals surface area (Å²) in [6, 6.07) is 14.8. The summed E-state index contributed by atoms with van der Waals surface area (Å²) in [5, 5.41) is 6.97. The van der Waals surface area contributed by atoms with E-state index in [1.165, 1.54) is 55.1 Å². The Labute approximate surface area is 138 Å². The molecule has 0 fully saturated rings. The molecule has 2 aromatic rings. The van der Waals surface area contributed by atoms with Crippen LogP contribution in [0.25, 0.3) is 10.8 Å². The minimum Gasteiger partial charge on any atom is -0.317 e. The molecule has 2 rings (SSSR count). The van der Waals surface area contributed by atoms with Crippen molar-refractivity contribution in [2.45, 2.75) is 44.9 Å². The van der Waals surface area contributed by atoms with E-state index in [0.29, 0.717) is 0 Å². The van der Waals surface area contributed by atoms with Gasteiger partial charge in [0.15, 0.2) is 0 Å². The third-order valence-corrected chi connectivity index (χ3v) is 4.04. The van der Waals surface area contributed by atoms with Gasteiger partial charge in [-0.25, -0.2) is 0 Å². The number of alkyl halides is 1. The predicted molar refractivity (Wildman–Crippen MR) is 99.3 cm³/mol. The van der Waals surface area contributed by atoms with Crippen molar-refractivity contribution in [3.63, 3.8) is 0 Å². The van der Waals surface area contributed by atoms with Crippen LogP contribution < -0.4 is 5.32 Å². The molecule has 2 aromatic carbocycles. The Morgan fingerprint density at radius 3 is 2.10 bits per heavy atom. The Balaban J connectivity index is 0.000000222. The van der Waals surface area contributed by atoms with Crippen LogP contribution >= 0.6 is 15.9 Å². The predicted octanol–water partition coefficient (Wildman–Crippen LogP) is 5.91. The molecule has 0 aliphatic heterocycles. The highest BCUT2D eigenvalue weighted by molar-refractivity contribution is 9.08. The van der Waals surface area contributed by atoms with Crippen molar-refractivity contribution >= 4 is 26.7 Å². The van der Waals surface area contributed by atoms with Crippen molar-refractivity contribution in [2.75, 3.05) is 13.1 Å². The molecule has 0 saturated heterocycles. The molecule has 0 unspecified atom stereocenters.